The van der Waals surface area contributed by atoms with Crippen LogP contribution in [0.1, 0.15) is 25.3 Å². The molecule has 35 heavy (non-hydrogen) atoms. The van der Waals surface area contributed by atoms with E-state index in [0.717, 1.165) is 19.2 Å². The van der Waals surface area contributed by atoms with Crippen molar-refractivity contribution in [2.45, 2.75) is 39.0 Å². The molecule has 3 aromatic rings. The van der Waals surface area contributed by atoms with Crippen molar-refractivity contribution in [3.05, 3.63) is 77.4 Å². The van der Waals surface area contributed by atoms with Crippen molar-refractivity contribution in [3.63, 3.8) is 0 Å². The molecule has 2 atom stereocenters. The van der Waals surface area contributed by atoms with E-state index < -0.39 is 29.6 Å². The summed E-state index contributed by atoms with van der Waals surface area (Å²) in [6, 6.07) is 11.9. The first-order valence-electron chi connectivity index (χ1n) is 11.8. The SMILES string of the molecule is BCC1CCC(OCc2ccc(-c3ccc(-c4ccc(OCC)c(F)c4F)cc3)c(F)c2F)OC1. The predicted octanol–water partition coefficient (Wildman–Crippen LogP) is 6.30. The normalized spacial score (nSPS) is 18.0. The third-order valence-electron chi connectivity index (χ3n) is 6.35. The lowest BCUT2D eigenvalue weighted by molar-refractivity contribution is -0.179. The second kappa shape index (κ2) is 11.3. The summed E-state index contributed by atoms with van der Waals surface area (Å²) in [4.78, 5) is 0. The zero-order valence-corrected chi connectivity index (χ0v) is 19.8. The fraction of sp³-hybridized carbons (Fsp3) is 0.333. The lowest BCUT2D eigenvalue weighted by Gasteiger charge is -2.28. The van der Waals surface area contributed by atoms with Gasteiger partial charge in [-0.3, -0.25) is 0 Å². The molecule has 0 saturated carbocycles. The fourth-order valence-electron chi connectivity index (χ4n) is 4.19. The average Bonchev–Trinajstić information content (AvgIpc) is 2.88. The summed E-state index contributed by atoms with van der Waals surface area (Å²) in [5.41, 5.74) is 1.03. The predicted molar refractivity (Wildman–Crippen MR) is 129 cm³/mol. The van der Waals surface area contributed by atoms with Crippen molar-refractivity contribution >= 4 is 7.85 Å². The molecule has 0 radical (unpaired) electrons. The molecule has 4 rings (SSSR count). The Morgan fingerprint density at radius 3 is 2.03 bits per heavy atom. The van der Waals surface area contributed by atoms with Gasteiger partial charge in [0.25, 0.3) is 0 Å². The van der Waals surface area contributed by atoms with E-state index in [2.05, 4.69) is 7.85 Å². The van der Waals surface area contributed by atoms with Crippen LogP contribution < -0.4 is 4.74 Å². The van der Waals surface area contributed by atoms with Crippen LogP contribution in [0.2, 0.25) is 6.32 Å². The molecule has 0 amide bonds. The Kier molecular flexibility index (Phi) is 8.13. The van der Waals surface area contributed by atoms with Gasteiger partial charge in [-0.25, -0.2) is 13.2 Å². The molecule has 0 spiro atoms. The molecule has 8 heteroatoms. The van der Waals surface area contributed by atoms with E-state index in [9.17, 15) is 17.6 Å². The molecule has 0 N–H and O–H groups in total. The van der Waals surface area contributed by atoms with E-state index in [1.165, 1.54) is 48.5 Å². The maximum atomic E-state index is 14.9. The van der Waals surface area contributed by atoms with Crippen molar-refractivity contribution in [1.82, 2.24) is 0 Å². The van der Waals surface area contributed by atoms with Gasteiger partial charge in [-0.1, -0.05) is 42.7 Å². The maximum Gasteiger partial charge on any atom is 0.201 e. The molecule has 2 unspecified atom stereocenters. The molecule has 1 aliphatic heterocycles. The maximum absolute atomic E-state index is 14.9. The van der Waals surface area contributed by atoms with Crippen LogP contribution in [0, 0.1) is 29.2 Å². The molecule has 1 aliphatic rings. The first-order chi connectivity index (χ1) is 16.9. The highest BCUT2D eigenvalue weighted by Gasteiger charge is 2.22. The number of ether oxygens (including phenoxy) is 3. The summed E-state index contributed by atoms with van der Waals surface area (Å²) in [5.74, 6) is -3.71. The van der Waals surface area contributed by atoms with Gasteiger partial charge < -0.3 is 14.2 Å². The third-order valence-corrected chi connectivity index (χ3v) is 6.35. The molecule has 1 heterocycles. The first-order valence-corrected chi connectivity index (χ1v) is 11.8. The van der Waals surface area contributed by atoms with Crippen LogP contribution >= 0.6 is 0 Å². The van der Waals surface area contributed by atoms with Crippen molar-refractivity contribution < 1.29 is 31.8 Å². The minimum Gasteiger partial charge on any atom is -0.491 e. The smallest absolute Gasteiger partial charge is 0.201 e. The van der Waals surface area contributed by atoms with Gasteiger partial charge >= 0.3 is 0 Å². The average molecular weight is 486 g/mol. The number of halogens is 4. The van der Waals surface area contributed by atoms with Crippen LogP contribution in [0.25, 0.3) is 22.3 Å². The van der Waals surface area contributed by atoms with Crippen molar-refractivity contribution in [2.75, 3.05) is 13.2 Å². The van der Waals surface area contributed by atoms with Crippen molar-refractivity contribution in [1.29, 1.82) is 0 Å². The van der Waals surface area contributed by atoms with E-state index in [4.69, 9.17) is 14.2 Å². The molecular weight excluding hydrogens is 459 g/mol. The highest BCUT2D eigenvalue weighted by molar-refractivity contribution is 6.08. The van der Waals surface area contributed by atoms with Crippen LogP contribution in [-0.4, -0.2) is 27.4 Å². The molecule has 0 aliphatic carbocycles. The quantitative estimate of drug-likeness (QED) is 0.277. The minimum absolute atomic E-state index is 0.0480. The summed E-state index contributed by atoms with van der Waals surface area (Å²) >= 11 is 0. The number of benzene rings is 3. The van der Waals surface area contributed by atoms with Gasteiger partial charge in [-0.2, -0.15) is 4.39 Å². The highest BCUT2D eigenvalue weighted by atomic mass is 19.2. The van der Waals surface area contributed by atoms with Crippen LogP contribution in [-0.2, 0) is 16.1 Å². The Labute approximate surface area is 203 Å². The van der Waals surface area contributed by atoms with Gasteiger partial charge in [-0.05, 0) is 48.9 Å². The van der Waals surface area contributed by atoms with E-state index >= 15 is 0 Å². The molecule has 3 aromatic carbocycles. The standard InChI is InChI=1S/C27H27BF4O3/c1-2-33-22-11-10-21(26(31)27(22)32)18-6-4-17(5-7-18)20-9-8-19(24(29)25(20)30)15-35-23-12-3-16(13-28)14-34-23/h4-11,16,23H,2-3,12-15,28H2,1H3. The van der Waals surface area contributed by atoms with Gasteiger partial charge in [0.05, 0.1) is 19.8 Å². The van der Waals surface area contributed by atoms with E-state index in [-0.39, 0.29) is 35.7 Å². The minimum atomic E-state index is -1.07. The monoisotopic (exact) mass is 486 g/mol. The lowest BCUT2D eigenvalue weighted by atomic mass is 9.87. The molecule has 184 valence electrons. The first kappa shape index (κ1) is 25.3. The van der Waals surface area contributed by atoms with Gasteiger partial charge in [0, 0.05) is 16.7 Å². The zero-order chi connectivity index (χ0) is 24.9. The van der Waals surface area contributed by atoms with Crippen molar-refractivity contribution in [2.24, 2.45) is 5.92 Å². The Hall–Kier alpha value is -2.84. The Morgan fingerprint density at radius 2 is 1.46 bits per heavy atom. The molecule has 0 bridgehead atoms. The van der Waals surface area contributed by atoms with Gasteiger partial charge in [0.2, 0.25) is 5.82 Å². The number of hydrogen-bond donors (Lipinski definition) is 0. The van der Waals surface area contributed by atoms with E-state index in [1.54, 1.807) is 6.92 Å². The summed E-state index contributed by atoms with van der Waals surface area (Å²) < 4.78 is 74.8. The zero-order valence-electron chi connectivity index (χ0n) is 19.8. The molecule has 3 nitrogen and oxygen atoms in total. The van der Waals surface area contributed by atoms with Crippen LogP contribution in [0.3, 0.4) is 0 Å². The van der Waals surface area contributed by atoms with E-state index in [1.807, 2.05) is 0 Å². The topological polar surface area (TPSA) is 27.7 Å². The second-order valence-corrected chi connectivity index (χ2v) is 8.58. The summed E-state index contributed by atoms with van der Waals surface area (Å²) in [6.07, 6.45) is 2.34. The van der Waals surface area contributed by atoms with Crippen molar-refractivity contribution in [3.8, 4) is 28.0 Å². The van der Waals surface area contributed by atoms with Gasteiger partial charge in [0.1, 0.15) is 7.85 Å². The lowest BCUT2D eigenvalue weighted by Crippen LogP contribution is -2.27. The Morgan fingerprint density at radius 1 is 0.829 bits per heavy atom. The highest BCUT2D eigenvalue weighted by Crippen LogP contribution is 2.33. The molecule has 1 fully saturated rings. The summed E-state index contributed by atoms with van der Waals surface area (Å²) in [5, 5.41) is 0. The fourth-order valence-corrected chi connectivity index (χ4v) is 4.19. The Balaban J connectivity index is 1.48. The third kappa shape index (κ3) is 5.54. The molecule has 1 saturated heterocycles. The molecule has 0 aromatic heterocycles. The van der Waals surface area contributed by atoms with Crippen LogP contribution in [0.15, 0.2) is 48.5 Å². The van der Waals surface area contributed by atoms with E-state index in [0.29, 0.717) is 23.7 Å². The number of rotatable bonds is 8. The Bertz CT molecular complexity index is 1160. The largest absolute Gasteiger partial charge is 0.491 e. The van der Waals surface area contributed by atoms with Gasteiger partial charge in [-0.15, -0.1) is 0 Å². The van der Waals surface area contributed by atoms with Gasteiger partial charge in [0.15, 0.2) is 29.5 Å². The van der Waals surface area contributed by atoms with Crippen LogP contribution in [0.4, 0.5) is 17.6 Å². The van der Waals surface area contributed by atoms with Crippen LogP contribution in [0.5, 0.6) is 5.75 Å². The molecular formula is C27H27BF4O3. The summed E-state index contributed by atoms with van der Waals surface area (Å²) in [7, 11) is 2.11. The number of hydrogen-bond acceptors (Lipinski definition) is 3. The second-order valence-electron chi connectivity index (χ2n) is 8.58. The summed E-state index contributed by atoms with van der Waals surface area (Å²) in [6.45, 7) is 2.41.